The average Bonchev–Trinajstić information content (AvgIpc) is 2.86. The zero-order valence-corrected chi connectivity index (χ0v) is 17.4. The van der Waals surface area contributed by atoms with Crippen LogP contribution in [0.15, 0.2) is 6.07 Å². The summed E-state index contributed by atoms with van der Waals surface area (Å²) in [6.07, 6.45) is 0.00861. The highest BCUT2D eigenvalue weighted by molar-refractivity contribution is 7.85. The maximum atomic E-state index is 12.7. The predicted molar refractivity (Wildman–Crippen MR) is 104 cm³/mol. The van der Waals surface area contributed by atoms with Crippen LogP contribution in [0.1, 0.15) is 36.2 Å². The molecule has 1 aliphatic heterocycles. The van der Waals surface area contributed by atoms with Gasteiger partial charge in [0.15, 0.2) is 0 Å². The maximum Gasteiger partial charge on any atom is 0.270 e. The van der Waals surface area contributed by atoms with E-state index in [0.717, 1.165) is 0 Å². The highest BCUT2D eigenvalue weighted by atomic mass is 32.2. The first-order chi connectivity index (χ1) is 13.3. The number of aromatic amines is 1. The Kier molecular flexibility index (Phi) is 5.47. The molecule has 3 rings (SSSR count). The van der Waals surface area contributed by atoms with Gasteiger partial charge in [-0.2, -0.15) is 21.9 Å². The molecular formula is C16H22N4O7S2. The first-order valence-corrected chi connectivity index (χ1v) is 12.0. The first kappa shape index (κ1) is 21.6. The highest BCUT2D eigenvalue weighted by Gasteiger charge is 2.33. The van der Waals surface area contributed by atoms with E-state index in [0.29, 0.717) is 16.5 Å². The number of fused-ring (bicyclic) bond motifs is 3. The zero-order chi connectivity index (χ0) is 21.7. The minimum absolute atomic E-state index is 0.00861. The van der Waals surface area contributed by atoms with Crippen molar-refractivity contribution in [3.63, 3.8) is 0 Å². The fraction of sp³-hybridized carbons (Fsp3) is 0.500. The van der Waals surface area contributed by atoms with Gasteiger partial charge >= 0.3 is 0 Å². The van der Waals surface area contributed by atoms with Crippen LogP contribution in [0, 0.1) is 0 Å². The van der Waals surface area contributed by atoms with Crippen LogP contribution >= 0.6 is 0 Å². The van der Waals surface area contributed by atoms with Crippen LogP contribution in [0.2, 0.25) is 0 Å². The molecule has 2 aromatic rings. The van der Waals surface area contributed by atoms with Gasteiger partial charge in [-0.3, -0.25) is 19.0 Å². The number of hydrogen-bond acceptors (Lipinski definition) is 7. The van der Waals surface area contributed by atoms with Crippen molar-refractivity contribution in [1.82, 2.24) is 15.1 Å². The number of hydrogen-bond donors (Lipinski definition) is 4. The molecule has 5 N–H and O–H groups in total. The maximum absolute atomic E-state index is 12.7. The summed E-state index contributed by atoms with van der Waals surface area (Å²) < 4.78 is 64.5. The Balaban J connectivity index is 2.33. The molecule has 11 nitrogen and oxygen atoms in total. The molecule has 160 valence electrons. The Hall–Kier alpha value is -2.06. The summed E-state index contributed by atoms with van der Waals surface area (Å²) in [6.45, 7) is 3.64. The number of H-pyrrole nitrogens is 1. The predicted octanol–water partition coefficient (Wildman–Crippen LogP) is -0.0411. The molecule has 0 fully saturated rings. The molecular weight excluding hydrogens is 424 g/mol. The second-order valence-electron chi connectivity index (χ2n) is 7.41. The topological polar surface area (TPSA) is 184 Å². The summed E-state index contributed by atoms with van der Waals surface area (Å²) in [5.41, 5.74) is 7.58. The quantitative estimate of drug-likeness (QED) is 0.457. The lowest BCUT2D eigenvalue weighted by Crippen LogP contribution is -2.45. The van der Waals surface area contributed by atoms with Crippen molar-refractivity contribution in [2.75, 3.05) is 0 Å². The lowest BCUT2D eigenvalue weighted by atomic mass is 9.93. The van der Waals surface area contributed by atoms with Crippen molar-refractivity contribution in [3.8, 4) is 0 Å². The van der Waals surface area contributed by atoms with E-state index in [-0.39, 0.29) is 41.7 Å². The number of amides is 1. The van der Waals surface area contributed by atoms with Crippen molar-refractivity contribution in [2.24, 2.45) is 5.73 Å². The number of benzene rings is 1. The van der Waals surface area contributed by atoms with Gasteiger partial charge in [-0.1, -0.05) is 0 Å². The molecule has 1 amide bonds. The summed E-state index contributed by atoms with van der Waals surface area (Å²) >= 11 is 0. The number of nitrogens with one attached hydrogen (secondary N) is 1. The second-order valence-corrected chi connectivity index (χ2v) is 10.3. The Morgan fingerprint density at radius 1 is 1.21 bits per heavy atom. The molecule has 2 heterocycles. The Morgan fingerprint density at radius 2 is 1.83 bits per heavy atom. The SMILES string of the molecule is CC(C)N1Cc2c(c(CS(=O)(=O)O)cc3n[nH]c(CS(=O)(=O)O)c23)C[C@@H](N)C1=O. The van der Waals surface area contributed by atoms with Gasteiger partial charge in [-0.15, -0.1) is 0 Å². The minimum Gasteiger partial charge on any atom is -0.335 e. The summed E-state index contributed by atoms with van der Waals surface area (Å²) in [7, 11) is -8.76. The van der Waals surface area contributed by atoms with Crippen LogP contribution < -0.4 is 5.73 Å². The van der Waals surface area contributed by atoms with Gasteiger partial charge in [-0.25, -0.2) is 0 Å². The van der Waals surface area contributed by atoms with E-state index < -0.39 is 37.8 Å². The van der Waals surface area contributed by atoms with Crippen molar-refractivity contribution in [2.45, 2.75) is 50.4 Å². The smallest absolute Gasteiger partial charge is 0.270 e. The third-order valence-electron chi connectivity index (χ3n) is 4.87. The molecule has 0 saturated carbocycles. The van der Waals surface area contributed by atoms with Crippen LogP contribution in [-0.2, 0) is 49.5 Å². The van der Waals surface area contributed by atoms with Crippen LogP contribution in [-0.4, -0.2) is 59.0 Å². The van der Waals surface area contributed by atoms with Crippen LogP contribution in [0.4, 0.5) is 0 Å². The van der Waals surface area contributed by atoms with E-state index in [1.165, 1.54) is 11.0 Å². The molecule has 0 unspecified atom stereocenters. The molecule has 13 heteroatoms. The van der Waals surface area contributed by atoms with E-state index in [1.807, 2.05) is 0 Å². The van der Waals surface area contributed by atoms with Gasteiger partial charge in [0.25, 0.3) is 20.2 Å². The molecule has 1 aromatic carbocycles. The van der Waals surface area contributed by atoms with Gasteiger partial charge < -0.3 is 10.6 Å². The van der Waals surface area contributed by atoms with E-state index in [4.69, 9.17) is 5.73 Å². The Morgan fingerprint density at radius 3 is 2.38 bits per heavy atom. The average molecular weight is 447 g/mol. The molecule has 0 saturated heterocycles. The zero-order valence-electron chi connectivity index (χ0n) is 15.8. The number of carbonyl (C=O) groups excluding carboxylic acids is 1. The van der Waals surface area contributed by atoms with Gasteiger partial charge in [0.1, 0.15) is 11.5 Å². The number of carbonyl (C=O) groups is 1. The third-order valence-corrected chi connectivity index (χ3v) is 6.20. The molecule has 1 aliphatic rings. The summed E-state index contributed by atoms with van der Waals surface area (Å²) in [5, 5.41) is 6.97. The van der Waals surface area contributed by atoms with E-state index in [2.05, 4.69) is 10.2 Å². The molecule has 1 aromatic heterocycles. The Labute approximate surface area is 167 Å². The second kappa shape index (κ2) is 7.32. The highest BCUT2D eigenvalue weighted by Crippen LogP contribution is 2.33. The van der Waals surface area contributed by atoms with Crippen molar-refractivity contribution in [3.05, 3.63) is 28.5 Å². The van der Waals surface area contributed by atoms with Gasteiger partial charge in [0.2, 0.25) is 5.91 Å². The number of nitrogens with zero attached hydrogens (tertiary/aromatic N) is 2. The standard InChI is InChI=1S/C16H22N4O7S2/c1-8(2)20-5-11-10(4-12(17)16(20)21)9(6-28(22,23)24)3-13-15(11)14(19-18-13)7-29(25,26)27/h3,8,12H,4-7,17H2,1-2H3,(H,18,19)(H,22,23,24)(H,25,26,27)/t12-/m1/s1. The fourth-order valence-electron chi connectivity index (χ4n) is 3.68. The van der Waals surface area contributed by atoms with E-state index in [1.54, 1.807) is 13.8 Å². The van der Waals surface area contributed by atoms with Crippen molar-refractivity contribution < 1.29 is 30.7 Å². The number of nitrogens with two attached hydrogens (primary N) is 1. The van der Waals surface area contributed by atoms with Crippen molar-refractivity contribution in [1.29, 1.82) is 0 Å². The number of aromatic nitrogens is 2. The normalized spacial score (nSPS) is 18.3. The van der Waals surface area contributed by atoms with Crippen LogP contribution in [0.25, 0.3) is 10.9 Å². The van der Waals surface area contributed by atoms with Crippen LogP contribution in [0.3, 0.4) is 0 Å². The summed E-state index contributed by atoms with van der Waals surface area (Å²) in [6, 6.07) is 0.249. The molecule has 0 radical (unpaired) electrons. The molecule has 1 atom stereocenters. The van der Waals surface area contributed by atoms with Crippen LogP contribution in [0.5, 0.6) is 0 Å². The number of rotatable bonds is 5. The third kappa shape index (κ3) is 4.59. The largest absolute Gasteiger partial charge is 0.335 e. The van der Waals surface area contributed by atoms with Gasteiger partial charge in [-0.05, 0) is 43.0 Å². The Bertz CT molecular complexity index is 1190. The van der Waals surface area contributed by atoms with Gasteiger partial charge in [0, 0.05) is 18.0 Å². The molecule has 0 aliphatic carbocycles. The molecule has 0 spiro atoms. The fourth-order valence-corrected chi connectivity index (χ4v) is 4.90. The van der Waals surface area contributed by atoms with E-state index >= 15 is 0 Å². The van der Waals surface area contributed by atoms with E-state index in [9.17, 15) is 30.7 Å². The lowest BCUT2D eigenvalue weighted by Gasteiger charge is -2.27. The summed E-state index contributed by atoms with van der Waals surface area (Å²) in [5.74, 6) is -1.76. The monoisotopic (exact) mass is 446 g/mol. The molecule has 0 bridgehead atoms. The first-order valence-electron chi connectivity index (χ1n) is 8.74. The minimum atomic E-state index is -4.39. The van der Waals surface area contributed by atoms with Gasteiger partial charge in [0.05, 0.1) is 17.3 Å². The molecule has 29 heavy (non-hydrogen) atoms. The lowest BCUT2D eigenvalue weighted by molar-refractivity contribution is -0.134. The summed E-state index contributed by atoms with van der Waals surface area (Å²) in [4.78, 5) is 14.2. The van der Waals surface area contributed by atoms with Crippen molar-refractivity contribution >= 4 is 37.0 Å².